The van der Waals surface area contributed by atoms with Gasteiger partial charge in [0.15, 0.2) is 11.5 Å². The van der Waals surface area contributed by atoms with E-state index in [1.807, 2.05) is 43.3 Å². The lowest BCUT2D eigenvalue weighted by Gasteiger charge is -2.29. The molecule has 25 heavy (non-hydrogen) atoms. The lowest BCUT2D eigenvalue weighted by atomic mass is 9.89. The zero-order valence-electron chi connectivity index (χ0n) is 14.6. The van der Waals surface area contributed by atoms with Crippen LogP contribution in [0.4, 0.5) is 0 Å². The van der Waals surface area contributed by atoms with Crippen LogP contribution in [0.5, 0.6) is 11.5 Å². The number of hydrogen-bond acceptors (Lipinski definition) is 3. The van der Waals surface area contributed by atoms with Crippen molar-refractivity contribution in [2.75, 3.05) is 7.11 Å². The summed E-state index contributed by atoms with van der Waals surface area (Å²) in [4.78, 5) is 12.2. The largest absolute Gasteiger partial charge is 0.493 e. The highest BCUT2D eigenvalue weighted by Gasteiger charge is 2.28. The second-order valence-electron chi connectivity index (χ2n) is 6.27. The Balaban J connectivity index is 2.06. The number of carbonyl (C=O) groups excluding carboxylic acids is 1. The number of amides is 1. The van der Waals surface area contributed by atoms with Gasteiger partial charge in [-0.15, -0.1) is 0 Å². The number of fused-ring (bicyclic) bond motifs is 1. The zero-order chi connectivity index (χ0) is 18.0. The molecule has 4 nitrogen and oxygen atoms in total. The summed E-state index contributed by atoms with van der Waals surface area (Å²) < 4.78 is 11.5. The molecule has 1 N–H and O–H groups in total. The molecule has 3 rings (SSSR count). The van der Waals surface area contributed by atoms with Gasteiger partial charge in [-0.1, -0.05) is 30.7 Å². The first kappa shape index (κ1) is 17.6. The molecule has 1 unspecified atom stereocenters. The Morgan fingerprint density at radius 1 is 1.24 bits per heavy atom. The van der Waals surface area contributed by atoms with Gasteiger partial charge in [0.25, 0.3) is 0 Å². The smallest absolute Gasteiger partial charge is 0.225 e. The molecule has 0 fully saturated rings. The van der Waals surface area contributed by atoms with Gasteiger partial charge >= 0.3 is 0 Å². The van der Waals surface area contributed by atoms with E-state index in [4.69, 9.17) is 21.1 Å². The van der Waals surface area contributed by atoms with Crippen LogP contribution in [0.2, 0.25) is 5.02 Å². The van der Waals surface area contributed by atoms with Crippen molar-refractivity contribution in [1.82, 2.24) is 5.32 Å². The molecule has 1 aliphatic heterocycles. The van der Waals surface area contributed by atoms with Gasteiger partial charge in [-0.05, 0) is 54.3 Å². The van der Waals surface area contributed by atoms with Gasteiger partial charge in [0.1, 0.15) is 0 Å². The van der Waals surface area contributed by atoms with Gasteiger partial charge in [0, 0.05) is 5.02 Å². The molecule has 1 aliphatic rings. The van der Waals surface area contributed by atoms with Crippen LogP contribution in [0, 0.1) is 0 Å². The van der Waals surface area contributed by atoms with Crippen LogP contribution in [0.3, 0.4) is 0 Å². The fraction of sp³-hybridized carbons (Fsp3) is 0.350. The summed E-state index contributed by atoms with van der Waals surface area (Å²) in [5, 5.41) is 3.73. The molecule has 2 aromatic rings. The summed E-state index contributed by atoms with van der Waals surface area (Å²) in [6, 6.07) is 11.2. The molecule has 0 saturated heterocycles. The molecule has 0 spiro atoms. The molecule has 2 aromatic carbocycles. The average Bonchev–Trinajstić information content (AvgIpc) is 2.61. The summed E-state index contributed by atoms with van der Waals surface area (Å²) in [6.07, 6.45) is 1.32. The third kappa shape index (κ3) is 3.74. The SMILES string of the molecule is CCC(C)Oc1cc2c(cc1OC)CC(=O)N[C@H]2c1ccc(Cl)cc1. The second kappa shape index (κ2) is 7.36. The Hall–Kier alpha value is -2.20. The molecular weight excluding hydrogens is 338 g/mol. The predicted molar refractivity (Wildman–Crippen MR) is 98.5 cm³/mol. The van der Waals surface area contributed by atoms with Gasteiger partial charge in [0.05, 0.1) is 25.7 Å². The van der Waals surface area contributed by atoms with Crippen molar-refractivity contribution in [1.29, 1.82) is 0 Å². The monoisotopic (exact) mass is 359 g/mol. The van der Waals surface area contributed by atoms with Gasteiger partial charge in [0.2, 0.25) is 5.91 Å². The first-order chi connectivity index (χ1) is 12.0. The van der Waals surface area contributed by atoms with E-state index in [2.05, 4.69) is 12.2 Å². The molecule has 2 atom stereocenters. The number of methoxy groups -OCH3 is 1. The third-order valence-corrected chi connectivity index (χ3v) is 4.75. The van der Waals surface area contributed by atoms with Crippen molar-refractivity contribution in [3.63, 3.8) is 0 Å². The van der Waals surface area contributed by atoms with E-state index >= 15 is 0 Å². The average molecular weight is 360 g/mol. The maximum atomic E-state index is 12.2. The molecule has 5 heteroatoms. The zero-order valence-corrected chi connectivity index (χ0v) is 15.4. The van der Waals surface area contributed by atoms with E-state index in [0.29, 0.717) is 22.9 Å². The Bertz CT molecular complexity index is 773. The molecule has 0 aliphatic carbocycles. The minimum atomic E-state index is -0.223. The van der Waals surface area contributed by atoms with Crippen LogP contribution in [-0.2, 0) is 11.2 Å². The highest BCUT2D eigenvalue weighted by atomic mass is 35.5. The number of benzene rings is 2. The van der Waals surface area contributed by atoms with E-state index in [-0.39, 0.29) is 18.1 Å². The standard InChI is InChI=1S/C20H22ClNO3/c1-4-12(2)25-18-11-16-14(9-17(18)24-3)10-19(23)22-20(16)13-5-7-15(21)8-6-13/h5-9,11-12,20H,4,10H2,1-3H3,(H,22,23)/t12?,20-/m0/s1. The molecule has 0 bridgehead atoms. The maximum Gasteiger partial charge on any atom is 0.225 e. The van der Waals surface area contributed by atoms with Gasteiger partial charge in [-0.3, -0.25) is 4.79 Å². The van der Waals surface area contributed by atoms with E-state index in [9.17, 15) is 4.79 Å². The summed E-state index contributed by atoms with van der Waals surface area (Å²) in [6.45, 7) is 4.10. The van der Waals surface area contributed by atoms with Crippen molar-refractivity contribution < 1.29 is 14.3 Å². The van der Waals surface area contributed by atoms with Crippen molar-refractivity contribution in [2.24, 2.45) is 0 Å². The van der Waals surface area contributed by atoms with Gasteiger partial charge in [-0.2, -0.15) is 0 Å². The van der Waals surface area contributed by atoms with Crippen LogP contribution in [0.25, 0.3) is 0 Å². The summed E-state index contributed by atoms with van der Waals surface area (Å²) in [5.41, 5.74) is 2.97. The van der Waals surface area contributed by atoms with E-state index in [1.165, 1.54) is 0 Å². The summed E-state index contributed by atoms with van der Waals surface area (Å²) in [5.74, 6) is 1.35. The number of rotatable bonds is 5. The number of ether oxygens (including phenoxy) is 2. The Morgan fingerprint density at radius 2 is 1.96 bits per heavy atom. The van der Waals surface area contributed by atoms with Gasteiger partial charge in [-0.25, -0.2) is 0 Å². The fourth-order valence-corrected chi connectivity index (χ4v) is 3.10. The highest BCUT2D eigenvalue weighted by molar-refractivity contribution is 6.30. The molecule has 0 aromatic heterocycles. The topological polar surface area (TPSA) is 47.6 Å². The van der Waals surface area contributed by atoms with E-state index < -0.39 is 0 Å². The normalized spacial score (nSPS) is 17.4. The Labute approximate surface area is 153 Å². The predicted octanol–water partition coefficient (Wildman–Crippen LogP) is 4.29. The maximum absolute atomic E-state index is 12.2. The minimum Gasteiger partial charge on any atom is -0.493 e. The highest BCUT2D eigenvalue weighted by Crippen LogP contribution is 2.38. The molecule has 0 saturated carbocycles. The Morgan fingerprint density at radius 3 is 2.60 bits per heavy atom. The number of halogens is 1. The first-order valence-electron chi connectivity index (χ1n) is 8.44. The summed E-state index contributed by atoms with van der Waals surface area (Å²) in [7, 11) is 1.62. The molecular formula is C20H22ClNO3. The molecule has 0 radical (unpaired) electrons. The van der Waals surface area contributed by atoms with Crippen molar-refractivity contribution in [3.8, 4) is 11.5 Å². The lowest BCUT2D eigenvalue weighted by molar-refractivity contribution is -0.121. The van der Waals surface area contributed by atoms with Crippen molar-refractivity contribution >= 4 is 17.5 Å². The fourth-order valence-electron chi connectivity index (χ4n) is 2.97. The first-order valence-corrected chi connectivity index (χ1v) is 8.82. The number of carbonyl (C=O) groups is 1. The van der Waals surface area contributed by atoms with Crippen LogP contribution >= 0.6 is 11.6 Å². The molecule has 1 heterocycles. The van der Waals surface area contributed by atoms with Crippen LogP contribution < -0.4 is 14.8 Å². The second-order valence-corrected chi connectivity index (χ2v) is 6.70. The number of hydrogen-bond donors (Lipinski definition) is 1. The summed E-state index contributed by atoms with van der Waals surface area (Å²) >= 11 is 5.99. The van der Waals surface area contributed by atoms with E-state index in [1.54, 1.807) is 7.11 Å². The third-order valence-electron chi connectivity index (χ3n) is 4.50. The lowest BCUT2D eigenvalue weighted by Crippen LogP contribution is -2.36. The minimum absolute atomic E-state index is 0.00917. The van der Waals surface area contributed by atoms with Crippen LogP contribution in [0.1, 0.15) is 43.0 Å². The van der Waals surface area contributed by atoms with Crippen molar-refractivity contribution in [2.45, 2.75) is 38.8 Å². The number of nitrogens with one attached hydrogen (secondary N) is 1. The Kier molecular flexibility index (Phi) is 5.19. The molecule has 1 amide bonds. The van der Waals surface area contributed by atoms with Crippen molar-refractivity contribution in [3.05, 3.63) is 58.1 Å². The van der Waals surface area contributed by atoms with Crippen LogP contribution in [0.15, 0.2) is 36.4 Å². The van der Waals surface area contributed by atoms with Gasteiger partial charge < -0.3 is 14.8 Å². The van der Waals surface area contributed by atoms with Crippen LogP contribution in [-0.4, -0.2) is 19.1 Å². The van der Waals surface area contributed by atoms with E-state index in [0.717, 1.165) is 23.1 Å². The quantitative estimate of drug-likeness (QED) is 0.866. The molecule has 132 valence electrons.